The molecule has 0 aromatic heterocycles. The van der Waals surface area contributed by atoms with Gasteiger partial charge in [-0.1, -0.05) is 50.1 Å². The van der Waals surface area contributed by atoms with Gasteiger partial charge in [-0.25, -0.2) is 0 Å². The van der Waals surface area contributed by atoms with Crippen LogP contribution in [0.25, 0.3) is 0 Å². The summed E-state index contributed by atoms with van der Waals surface area (Å²) in [5.74, 6) is -0.232. The minimum Gasteiger partial charge on any atom is -0.339 e. The van der Waals surface area contributed by atoms with Crippen molar-refractivity contribution in [3.63, 3.8) is 0 Å². The average Bonchev–Trinajstić information content (AvgIpc) is 2.68. The van der Waals surface area contributed by atoms with Gasteiger partial charge in [0.15, 0.2) is 0 Å². The summed E-state index contributed by atoms with van der Waals surface area (Å²) in [6.45, 7) is 0. The smallest absolute Gasteiger partial charge is 0.255 e. The zero-order valence-corrected chi connectivity index (χ0v) is 18.1. The summed E-state index contributed by atoms with van der Waals surface area (Å²) in [5.41, 5.74) is 6.53. The predicted octanol–water partition coefficient (Wildman–Crippen LogP) is 4.77. The van der Waals surface area contributed by atoms with E-state index in [2.05, 4.69) is 5.32 Å². The van der Waals surface area contributed by atoms with Crippen LogP contribution >= 0.6 is 24.0 Å². The van der Waals surface area contributed by atoms with Gasteiger partial charge in [-0.05, 0) is 43.9 Å². The first-order valence-corrected chi connectivity index (χ1v) is 10.5. The summed E-state index contributed by atoms with van der Waals surface area (Å²) in [5, 5.41) is 3.24. The van der Waals surface area contributed by atoms with Crippen LogP contribution in [0.15, 0.2) is 18.2 Å². The Morgan fingerprint density at radius 2 is 1.71 bits per heavy atom. The Kier molecular flexibility index (Phi) is 8.17. The number of hydrogen-bond acceptors (Lipinski definition) is 3. The maximum Gasteiger partial charge on any atom is 0.255 e. The molecule has 3 rings (SSSR count). The predicted molar refractivity (Wildman–Crippen MR) is 116 cm³/mol. The van der Waals surface area contributed by atoms with E-state index in [1.54, 1.807) is 18.2 Å². The van der Waals surface area contributed by atoms with Crippen molar-refractivity contribution in [2.45, 2.75) is 75.8 Å². The molecule has 28 heavy (non-hydrogen) atoms. The quantitative estimate of drug-likeness (QED) is 0.726. The standard InChI is InChI=1S/C21H30ClN3O2.ClH/c1-25(16-8-4-2-5-9-16)19(26)17-11-10-15(14-18(17)22)24-20(27)21(23)12-6-3-7-13-21;/h10-11,14,16H,2-9,12-13,23H2,1H3,(H,24,27);1H. The van der Waals surface area contributed by atoms with Gasteiger partial charge in [0.05, 0.1) is 16.1 Å². The molecular formula is C21H31Cl2N3O2. The maximum absolute atomic E-state index is 12.8. The van der Waals surface area contributed by atoms with Gasteiger partial charge in [0.25, 0.3) is 5.91 Å². The van der Waals surface area contributed by atoms with Gasteiger partial charge in [-0.15, -0.1) is 12.4 Å². The Hall–Kier alpha value is -1.30. The molecular weight excluding hydrogens is 397 g/mol. The van der Waals surface area contributed by atoms with Gasteiger partial charge >= 0.3 is 0 Å². The molecule has 0 saturated heterocycles. The molecule has 2 aliphatic rings. The highest BCUT2D eigenvalue weighted by molar-refractivity contribution is 6.34. The van der Waals surface area contributed by atoms with E-state index < -0.39 is 5.54 Å². The van der Waals surface area contributed by atoms with E-state index >= 15 is 0 Å². The summed E-state index contributed by atoms with van der Waals surface area (Å²) in [4.78, 5) is 27.2. The third-order valence-electron chi connectivity index (χ3n) is 6.10. The van der Waals surface area contributed by atoms with Crippen LogP contribution in [0.5, 0.6) is 0 Å². The Morgan fingerprint density at radius 3 is 2.32 bits per heavy atom. The van der Waals surface area contributed by atoms with Gasteiger partial charge in [-0.2, -0.15) is 0 Å². The van der Waals surface area contributed by atoms with Crippen LogP contribution in [0, 0.1) is 0 Å². The summed E-state index contributed by atoms with van der Waals surface area (Å²) >= 11 is 6.38. The zero-order chi connectivity index (χ0) is 19.4. The molecule has 7 heteroatoms. The molecule has 2 amide bonds. The van der Waals surface area contributed by atoms with Crippen LogP contribution in [0.1, 0.15) is 74.6 Å². The van der Waals surface area contributed by atoms with Crippen molar-refractivity contribution in [1.29, 1.82) is 0 Å². The number of rotatable bonds is 4. The summed E-state index contributed by atoms with van der Waals surface area (Å²) in [6.07, 6.45) is 10.2. The molecule has 156 valence electrons. The van der Waals surface area contributed by atoms with Crippen molar-refractivity contribution in [3.8, 4) is 0 Å². The number of carbonyl (C=O) groups is 2. The van der Waals surface area contributed by atoms with Crippen LogP contribution in [0.4, 0.5) is 5.69 Å². The lowest BCUT2D eigenvalue weighted by molar-refractivity contribution is -0.122. The van der Waals surface area contributed by atoms with E-state index in [0.29, 0.717) is 29.1 Å². The normalized spacial score (nSPS) is 19.4. The van der Waals surface area contributed by atoms with Crippen LogP contribution in [-0.2, 0) is 4.79 Å². The van der Waals surface area contributed by atoms with Crippen LogP contribution in [0.3, 0.4) is 0 Å². The van der Waals surface area contributed by atoms with Crippen molar-refractivity contribution in [2.75, 3.05) is 12.4 Å². The second kappa shape index (κ2) is 9.95. The lowest BCUT2D eigenvalue weighted by Crippen LogP contribution is -2.52. The second-order valence-electron chi connectivity index (χ2n) is 8.07. The molecule has 2 aliphatic carbocycles. The second-order valence-corrected chi connectivity index (χ2v) is 8.48. The van der Waals surface area contributed by atoms with E-state index in [9.17, 15) is 9.59 Å². The summed E-state index contributed by atoms with van der Waals surface area (Å²) in [6, 6.07) is 5.36. The number of amides is 2. The SMILES string of the molecule is CN(C(=O)c1ccc(NC(=O)C2(N)CCCCC2)cc1Cl)C1CCCCC1.Cl. The number of anilines is 1. The number of nitrogens with zero attached hydrogens (tertiary/aromatic N) is 1. The number of nitrogens with one attached hydrogen (secondary N) is 1. The van der Waals surface area contributed by atoms with Gasteiger partial charge in [-0.3, -0.25) is 9.59 Å². The Balaban J connectivity index is 0.00000280. The number of nitrogens with two attached hydrogens (primary N) is 1. The fourth-order valence-electron chi connectivity index (χ4n) is 4.26. The lowest BCUT2D eigenvalue weighted by Gasteiger charge is -2.32. The highest BCUT2D eigenvalue weighted by Crippen LogP contribution is 2.29. The molecule has 1 aromatic rings. The molecule has 1 aromatic carbocycles. The molecule has 0 radical (unpaired) electrons. The van der Waals surface area contributed by atoms with Gasteiger partial charge in [0.1, 0.15) is 0 Å². The molecule has 0 bridgehead atoms. The minimum absolute atomic E-state index is 0. The van der Waals surface area contributed by atoms with Crippen molar-refractivity contribution in [2.24, 2.45) is 5.73 Å². The third-order valence-corrected chi connectivity index (χ3v) is 6.41. The van der Waals surface area contributed by atoms with Crippen LogP contribution in [-0.4, -0.2) is 35.3 Å². The Labute approximate surface area is 178 Å². The first-order valence-electron chi connectivity index (χ1n) is 10.1. The molecule has 2 saturated carbocycles. The number of benzene rings is 1. The first-order chi connectivity index (χ1) is 12.9. The van der Waals surface area contributed by atoms with Crippen molar-refractivity contribution >= 4 is 41.5 Å². The average molecular weight is 428 g/mol. The van der Waals surface area contributed by atoms with Gasteiger partial charge in [0.2, 0.25) is 5.91 Å². The monoisotopic (exact) mass is 427 g/mol. The fourth-order valence-corrected chi connectivity index (χ4v) is 4.52. The van der Waals surface area contributed by atoms with E-state index in [1.807, 2.05) is 11.9 Å². The van der Waals surface area contributed by atoms with E-state index in [1.165, 1.54) is 19.3 Å². The Bertz CT molecular complexity index is 699. The van der Waals surface area contributed by atoms with E-state index in [4.69, 9.17) is 17.3 Å². The van der Waals surface area contributed by atoms with E-state index in [-0.39, 0.29) is 30.3 Å². The topological polar surface area (TPSA) is 75.4 Å². The highest BCUT2D eigenvalue weighted by atomic mass is 35.5. The molecule has 2 fully saturated rings. The number of carbonyl (C=O) groups excluding carboxylic acids is 2. The van der Waals surface area contributed by atoms with Gasteiger partial charge < -0.3 is 16.0 Å². The minimum atomic E-state index is -0.805. The highest BCUT2D eigenvalue weighted by Gasteiger charge is 2.35. The van der Waals surface area contributed by atoms with Crippen LogP contribution < -0.4 is 11.1 Å². The number of hydrogen-bond donors (Lipinski definition) is 2. The molecule has 0 atom stereocenters. The molecule has 0 aliphatic heterocycles. The zero-order valence-electron chi connectivity index (χ0n) is 16.5. The lowest BCUT2D eigenvalue weighted by atomic mass is 9.82. The third kappa shape index (κ3) is 5.19. The van der Waals surface area contributed by atoms with Crippen LogP contribution in [0.2, 0.25) is 5.02 Å². The largest absolute Gasteiger partial charge is 0.339 e. The molecule has 5 nitrogen and oxygen atoms in total. The summed E-state index contributed by atoms with van der Waals surface area (Å²) in [7, 11) is 1.85. The van der Waals surface area contributed by atoms with E-state index in [0.717, 1.165) is 32.1 Å². The van der Waals surface area contributed by atoms with Crippen molar-refractivity contribution < 1.29 is 9.59 Å². The molecule has 0 heterocycles. The number of halogens is 2. The fraction of sp³-hybridized carbons (Fsp3) is 0.619. The molecule has 0 unspecified atom stereocenters. The Morgan fingerprint density at radius 1 is 1.11 bits per heavy atom. The molecule has 3 N–H and O–H groups in total. The summed E-state index contributed by atoms with van der Waals surface area (Å²) < 4.78 is 0. The molecule has 0 spiro atoms. The van der Waals surface area contributed by atoms with Gasteiger partial charge in [0, 0.05) is 18.8 Å². The first kappa shape index (κ1) is 23.0. The van der Waals surface area contributed by atoms with Crippen molar-refractivity contribution in [3.05, 3.63) is 28.8 Å². The van der Waals surface area contributed by atoms with Crippen molar-refractivity contribution in [1.82, 2.24) is 4.90 Å². The maximum atomic E-state index is 12.8.